The van der Waals surface area contributed by atoms with Gasteiger partial charge in [0.2, 0.25) is 0 Å². The van der Waals surface area contributed by atoms with Crippen LogP contribution in [-0.2, 0) is 6.54 Å². The second-order valence-electron chi connectivity index (χ2n) is 2.96. The van der Waals surface area contributed by atoms with Crippen LogP contribution in [0.3, 0.4) is 0 Å². The zero-order valence-corrected chi connectivity index (χ0v) is 7.27. The maximum Gasteiger partial charge on any atom is 0.286 e. The fraction of sp³-hybridized carbons (Fsp3) is 0.300. The Balaban J connectivity index is 2.55. The molecule has 0 aliphatic carbocycles. The molecule has 2 heteroatoms. The van der Waals surface area contributed by atoms with Gasteiger partial charge in [0.1, 0.15) is 12.4 Å². The van der Waals surface area contributed by atoms with Crippen molar-refractivity contribution in [2.24, 2.45) is 0 Å². The normalized spacial score (nSPS) is 10.8. The van der Waals surface area contributed by atoms with Crippen LogP contribution in [0, 0.1) is 0 Å². The van der Waals surface area contributed by atoms with E-state index in [9.17, 15) is 0 Å². The molecule has 2 nitrogen and oxygen atoms in total. The number of nitrogens with zero attached hydrogens (tertiary/aromatic N) is 2. The predicted octanol–water partition coefficient (Wildman–Crippen LogP) is 1.64. The molecule has 0 amide bonds. The van der Waals surface area contributed by atoms with Crippen LogP contribution in [0.15, 0.2) is 36.8 Å². The summed E-state index contributed by atoms with van der Waals surface area (Å²) in [5.41, 5.74) is 1.26. The number of hydrogen-bond donors (Lipinski definition) is 0. The summed E-state index contributed by atoms with van der Waals surface area (Å²) in [6.07, 6.45) is 7.46. The van der Waals surface area contributed by atoms with Crippen LogP contribution in [0.4, 0.5) is 0 Å². The summed E-state index contributed by atoms with van der Waals surface area (Å²) in [7, 11) is 0. The van der Waals surface area contributed by atoms with Crippen molar-refractivity contribution in [1.29, 1.82) is 0 Å². The molecule has 62 valence electrons. The van der Waals surface area contributed by atoms with E-state index in [0.29, 0.717) is 0 Å². The smallest absolute Gasteiger partial charge is 0.230 e. The molecule has 0 unspecified atom stereocenters. The first-order chi connectivity index (χ1) is 5.92. The second kappa shape index (κ2) is 2.97. The third-order valence-corrected chi connectivity index (χ3v) is 2.03. The first-order valence-corrected chi connectivity index (χ1v) is 4.37. The monoisotopic (exact) mass is 161 g/mol. The lowest BCUT2D eigenvalue weighted by Crippen LogP contribution is -2.31. The van der Waals surface area contributed by atoms with Gasteiger partial charge in [-0.1, -0.05) is 13.0 Å². The lowest BCUT2D eigenvalue weighted by molar-refractivity contribution is -0.670. The van der Waals surface area contributed by atoms with E-state index in [2.05, 4.69) is 46.6 Å². The molecule has 0 spiro atoms. The molecule has 0 saturated heterocycles. The number of fused-ring (bicyclic) bond motifs is 1. The van der Waals surface area contributed by atoms with Gasteiger partial charge in [-0.25, -0.2) is 8.97 Å². The molecule has 0 bridgehead atoms. The first kappa shape index (κ1) is 7.35. The van der Waals surface area contributed by atoms with Crippen molar-refractivity contribution in [2.45, 2.75) is 19.9 Å². The van der Waals surface area contributed by atoms with Gasteiger partial charge in [0.05, 0.1) is 12.7 Å². The van der Waals surface area contributed by atoms with Gasteiger partial charge < -0.3 is 0 Å². The van der Waals surface area contributed by atoms with Crippen molar-refractivity contribution in [3.05, 3.63) is 36.8 Å². The van der Waals surface area contributed by atoms with Crippen LogP contribution in [0.1, 0.15) is 13.3 Å². The number of aryl methyl sites for hydroxylation is 1. The second-order valence-corrected chi connectivity index (χ2v) is 2.96. The van der Waals surface area contributed by atoms with Crippen LogP contribution in [0.2, 0.25) is 0 Å². The van der Waals surface area contributed by atoms with E-state index in [0.717, 1.165) is 6.54 Å². The van der Waals surface area contributed by atoms with Gasteiger partial charge in [0.15, 0.2) is 0 Å². The third kappa shape index (κ3) is 1.09. The Bertz CT molecular complexity index is 376. The van der Waals surface area contributed by atoms with E-state index in [1.165, 1.54) is 12.1 Å². The first-order valence-electron chi connectivity index (χ1n) is 4.37. The van der Waals surface area contributed by atoms with Crippen LogP contribution in [0.25, 0.3) is 5.65 Å². The van der Waals surface area contributed by atoms with E-state index in [-0.39, 0.29) is 0 Å². The van der Waals surface area contributed by atoms with E-state index < -0.39 is 0 Å². The van der Waals surface area contributed by atoms with Gasteiger partial charge >= 0.3 is 0 Å². The number of rotatable bonds is 2. The molecule has 0 fully saturated rings. The summed E-state index contributed by atoms with van der Waals surface area (Å²) in [4.78, 5) is 0. The summed E-state index contributed by atoms with van der Waals surface area (Å²) in [5, 5.41) is 0. The van der Waals surface area contributed by atoms with Gasteiger partial charge in [0.25, 0.3) is 5.65 Å². The van der Waals surface area contributed by atoms with Crippen molar-refractivity contribution in [3.63, 3.8) is 0 Å². The van der Waals surface area contributed by atoms with Crippen molar-refractivity contribution in [1.82, 2.24) is 4.40 Å². The summed E-state index contributed by atoms with van der Waals surface area (Å²) >= 11 is 0. The number of pyridine rings is 1. The zero-order valence-electron chi connectivity index (χ0n) is 7.27. The summed E-state index contributed by atoms with van der Waals surface area (Å²) < 4.78 is 4.40. The lowest BCUT2D eigenvalue weighted by Gasteiger charge is -1.92. The predicted molar refractivity (Wildman–Crippen MR) is 47.9 cm³/mol. The third-order valence-electron chi connectivity index (χ3n) is 2.03. The molecule has 0 atom stereocenters. The number of aromatic nitrogens is 2. The number of hydrogen-bond acceptors (Lipinski definition) is 0. The van der Waals surface area contributed by atoms with E-state index in [1.54, 1.807) is 0 Å². The van der Waals surface area contributed by atoms with Gasteiger partial charge in [-0.05, 0) is 12.5 Å². The SMILES string of the molecule is CCC[n+]1ccn2ccccc21. The largest absolute Gasteiger partial charge is 0.286 e. The van der Waals surface area contributed by atoms with E-state index >= 15 is 0 Å². The van der Waals surface area contributed by atoms with Gasteiger partial charge in [-0.3, -0.25) is 0 Å². The molecular formula is C10H13N2+. The van der Waals surface area contributed by atoms with Crippen molar-refractivity contribution in [2.75, 3.05) is 0 Å². The van der Waals surface area contributed by atoms with Gasteiger partial charge in [-0.2, -0.15) is 0 Å². The Morgan fingerprint density at radius 2 is 2.25 bits per heavy atom. The average molecular weight is 161 g/mol. The van der Waals surface area contributed by atoms with Gasteiger partial charge in [-0.15, -0.1) is 0 Å². The van der Waals surface area contributed by atoms with Crippen molar-refractivity contribution >= 4 is 5.65 Å². The molecule has 2 rings (SSSR count). The minimum Gasteiger partial charge on any atom is -0.230 e. The quantitative estimate of drug-likeness (QED) is 0.592. The highest BCUT2D eigenvalue weighted by Gasteiger charge is 2.05. The minimum atomic E-state index is 1.10. The Morgan fingerprint density at radius 1 is 1.33 bits per heavy atom. The lowest BCUT2D eigenvalue weighted by atomic mass is 10.4. The summed E-state index contributed by atoms with van der Waals surface area (Å²) in [6.45, 7) is 3.29. The molecule has 0 aromatic carbocycles. The molecule has 0 aliphatic heterocycles. The maximum absolute atomic E-state index is 2.26. The summed E-state index contributed by atoms with van der Waals surface area (Å²) in [5.74, 6) is 0. The highest BCUT2D eigenvalue weighted by atomic mass is 15.1. The highest BCUT2D eigenvalue weighted by Crippen LogP contribution is 1.96. The Labute approximate surface area is 72.1 Å². The van der Waals surface area contributed by atoms with E-state index in [1.807, 2.05) is 6.07 Å². The Hall–Kier alpha value is -1.31. The molecule has 2 aromatic heterocycles. The van der Waals surface area contributed by atoms with Crippen molar-refractivity contribution < 1.29 is 4.57 Å². The topological polar surface area (TPSA) is 8.29 Å². The highest BCUT2D eigenvalue weighted by molar-refractivity contribution is 5.30. The maximum atomic E-state index is 2.26. The molecule has 0 aliphatic rings. The molecular weight excluding hydrogens is 148 g/mol. The minimum absolute atomic E-state index is 1.10. The molecule has 2 aromatic rings. The molecule has 0 radical (unpaired) electrons. The van der Waals surface area contributed by atoms with Gasteiger partial charge in [0, 0.05) is 6.07 Å². The standard InChI is InChI=1S/C10H13N2/c1-2-6-11-8-9-12-7-4-3-5-10(11)12/h3-5,7-9H,2,6H2,1H3/q+1. The van der Waals surface area contributed by atoms with Crippen molar-refractivity contribution in [3.8, 4) is 0 Å². The van der Waals surface area contributed by atoms with Crippen LogP contribution >= 0.6 is 0 Å². The van der Waals surface area contributed by atoms with Crippen LogP contribution in [-0.4, -0.2) is 4.40 Å². The fourth-order valence-electron chi connectivity index (χ4n) is 1.48. The number of imidazole rings is 1. The molecule has 0 N–H and O–H groups in total. The summed E-state index contributed by atoms with van der Waals surface area (Å²) in [6, 6.07) is 6.25. The van der Waals surface area contributed by atoms with Crippen LogP contribution < -0.4 is 4.57 Å². The van der Waals surface area contributed by atoms with Crippen LogP contribution in [0.5, 0.6) is 0 Å². The molecule has 0 saturated carbocycles. The molecule has 2 heterocycles. The molecule has 12 heavy (non-hydrogen) atoms. The fourth-order valence-corrected chi connectivity index (χ4v) is 1.48. The Morgan fingerprint density at radius 3 is 3.08 bits per heavy atom. The average Bonchev–Trinajstić information content (AvgIpc) is 2.50. The van der Waals surface area contributed by atoms with E-state index in [4.69, 9.17) is 0 Å². The zero-order chi connectivity index (χ0) is 8.39. The Kier molecular flexibility index (Phi) is 1.82.